The maximum Gasteiger partial charge on any atom is 0.341 e. The monoisotopic (exact) mass is 277 g/mol. The highest BCUT2D eigenvalue weighted by Gasteiger charge is 2.19. The molecule has 4 N–H and O–H groups in total. The van der Waals surface area contributed by atoms with Crippen LogP contribution >= 0.6 is 0 Å². The van der Waals surface area contributed by atoms with Gasteiger partial charge in [0.05, 0.1) is 12.3 Å². The second kappa shape index (κ2) is 5.58. The van der Waals surface area contributed by atoms with Crippen LogP contribution in [0.1, 0.15) is 15.9 Å². The van der Waals surface area contributed by atoms with Crippen molar-refractivity contribution in [2.45, 2.75) is 6.61 Å². The number of nitrogen functional groups attached to an aromatic ring is 1. The van der Waals surface area contributed by atoms with Crippen molar-refractivity contribution in [1.82, 2.24) is 0 Å². The molecule has 0 aromatic heterocycles. The van der Waals surface area contributed by atoms with E-state index in [1.807, 2.05) is 0 Å². The molecule has 104 valence electrons. The van der Waals surface area contributed by atoms with Crippen molar-refractivity contribution in [3.8, 4) is 11.5 Å². The molecule has 0 saturated heterocycles. The first-order valence-corrected chi connectivity index (χ1v) is 5.72. The highest BCUT2D eigenvalue weighted by molar-refractivity contribution is 5.97. The van der Waals surface area contributed by atoms with Crippen LogP contribution in [-0.4, -0.2) is 16.2 Å². The molecule has 0 fully saturated rings. The molecule has 2 aromatic rings. The van der Waals surface area contributed by atoms with Crippen LogP contribution in [0.15, 0.2) is 36.4 Å². The molecular weight excluding hydrogens is 265 g/mol. The number of ether oxygens (including phenoxy) is 1. The molecule has 20 heavy (non-hydrogen) atoms. The van der Waals surface area contributed by atoms with Crippen molar-refractivity contribution in [3.05, 3.63) is 53.3 Å². The highest BCUT2D eigenvalue weighted by atomic mass is 19.1. The molecule has 0 unspecified atom stereocenters. The lowest BCUT2D eigenvalue weighted by Gasteiger charge is -2.11. The molecule has 0 heterocycles. The smallest absolute Gasteiger partial charge is 0.341 e. The van der Waals surface area contributed by atoms with Crippen molar-refractivity contribution < 1.29 is 24.1 Å². The number of aliphatic hydroxyl groups excluding tert-OH is 1. The predicted octanol–water partition coefficient (Wildman–Crippen LogP) is 2.39. The fourth-order valence-electron chi connectivity index (χ4n) is 1.67. The molecule has 0 bridgehead atoms. The number of nitrogens with two attached hydrogens (primary N) is 1. The van der Waals surface area contributed by atoms with E-state index in [4.69, 9.17) is 20.7 Å². The highest BCUT2D eigenvalue weighted by Crippen LogP contribution is 2.31. The zero-order valence-corrected chi connectivity index (χ0v) is 10.3. The van der Waals surface area contributed by atoms with Crippen molar-refractivity contribution in [1.29, 1.82) is 0 Å². The lowest BCUT2D eigenvalue weighted by molar-refractivity contribution is 0.0695. The number of hydrogen-bond acceptors (Lipinski definition) is 4. The van der Waals surface area contributed by atoms with Crippen LogP contribution in [0.2, 0.25) is 0 Å². The van der Waals surface area contributed by atoms with Crippen molar-refractivity contribution in [2.75, 3.05) is 5.73 Å². The maximum absolute atomic E-state index is 13.3. The van der Waals surface area contributed by atoms with Crippen molar-refractivity contribution in [2.24, 2.45) is 0 Å². The first-order valence-electron chi connectivity index (χ1n) is 5.72. The van der Waals surface area contributed by atoms with Gasteiger partial charge in [0.2, 0.25) is 0 Å². The fraction of sp³-hybridized carbons (Fsp3) is 0.0714. The van der Waals surface area contributed by atoms with Gasteiger partial charge in [0.1, 0.15) is 22.9 Å². The molecule has 0 aliphatic heterocycles. The van der Waals surface area contributed by atoms with Gasteiger partial charge in [0.25, 0.3) is 0 Å². The minimum absolute atomic E-state index is 0.0480. The van der Waals surface area contributed by atoms with Gasteiger partial charge in [-0.15, -0.1) is 0 Å². The molecule has 0 aliphatic carbocycles. The molecule has 0 radical (unpaired) electrons. The zero-order chi connectivity index (χ0) is 14.7. The minimum Gasteiger partial charge on any atom is -0.477 e. The van der Waals surface area contributed by atoms with Crippen LogP contribution in [0.5, 0.6) is 11.5 Å². The Morgan fingerprint density at radius 2 is 1.85 bits per heavy atom. The summed E-state index contributed by atoms with van der Waals surface area (Å²) in [6, 6.07) is 8.63. The van der Waals surface area contributed by atoms with Crippen LogP contribution in [0.3, 0.4) is 0 Å². The van der Waals surface area contributed by atoms with Gasteiger partial charge in [-0.1, -0.05) is 12.1 Å². The number of carboxylic acid groups (broad SMARTS) is 1. The second-order valence-corrected chi connectivity index (χ2v) is 4.04. The lowest BCUT2D eigenvalue weighted by atomic mass is 10.1. The number of benzene rings is 2. The quantitative estimate of drug-likeness (QED) is 0.746. The summed E-state index contributed by atoms with van der Waals surface area (Å²) in [7, 11) is 0. The number of aliphatic hydroxyl groups is 1. The molecule has 0 saturated carbocycles. The molecule has 0 amide bonds. The van der Waals surface area contributed by atoms with Crippen molar-refractivity contribution in [3.63, 3.8) is 0 Å². The van der Waals surface area contributed by atoms with Crippen LogP contribution in [0.4, 0.5) is 10.1 Å². The Kier molecular flexibility index (Phi) is 3.86. The molecular formula is C14H12FNO4. The average molecular weight is 277 g/mol. The SMILES string of the molecule is Nc1c(F)ccc(Oc2ccc(CO)cc2)c1C(=O)O. The van der Waals surface area contributed by atoms with Crippen LogP contribution in [-0.2, 0) is 6.61 Å². The normalized spacial score (nSPS) is 10.3. The van der Waals surface area contributed by atoms with E-state index in [0.717, 1.165) is 6.07 Å². The summed E-state index contributed by atoms with van der Waals surface area (Å²) >= 11 is 0. The number of halogens is 1. The first-order chi connectivity index (χ1) is 9.52. The Morgan fingerprint density at radius 3 is 2.40 bits per heavy atom. The van der Waals surface area contributed by atoms with E-state index in [2.05, 4.69) is 0 Å². The Morgan fingerprint density at radius 1 is 1.20 bits per heavy atom. The third-order valence-electron chi connectivity index (χ3n) is 2.70. The molecule has 5 nitrogen and oxygen atoms in total. The summed E-state index contributed by atoms with van der Waals surface area (Å²) in [4.78, 5) is 11.1. The largest absolute Gasteiger partial charge is 0.477 e. The van der Waals surface area contributed by atoms with E-state index < -0.39 is 23.0 Å². The average Bonchev–Trinajstić information content (AvgIpc) is 2.43. The minimum atomic E-state index is -1.37. The van der Waals surface area contributed by atoms with Crippen LogP contribution < -0.4 is 10.5 Å². The van der Waals surface area contributed by atoms with E-state index in [9.17, 15) is 9.18 Å². The van der Waals surface area contributed by atoms with Gasteiger partial charge in [-0.2, -0.15) is 0 Å². The molecule has 0 spiro atoms. The molecule has 6 heteroatoms. The third kappa shape index (κ3) is 2.70. The Balaban J connectivity index is 2.37. The van der Waals surface area contributed by atoms with E-state index in [1.54, 1.807) is 24.3 Å². The standard InChI is InChI=1S/C14H12FNO4/c15-10-5-6-11(12(13(10)16)14(18)19)20-9-3-1-8(7-17)2-4-9/h1-6,17H,7,16H2,(H,18,19). The molecule has 0 atom stereocenters. The van der Waals surface area contributed by atoms with Gasteiger partial charge in [-0.3, -0.25) is 0 Å². The maximum atomic E-state index is 13.3. The molecule has 2 aromatic carbocycles. The summed E-state index contributed by atoms with van der Waals surface area (Å²) in [5.41, 5.74) is 5.21. The number of rotatable bonds is 4. The van der Waals surface area contributed by atoms with Crippen LogP contribution in [0, 0.1) is 5.82 Å². The number of hydrogen-bond donors (Lipinski definition) is 3. The number of anilines is 1. The second-order valence-electron chi connectivity index (χ2n) is 4.04. The summed E-state index contributed by atoms with van der Waals surface area (Å²) in [6.07, 6.45) is 0. The number of carbonyl (C=O) groups is 1. The Labute approximate surface area is 114 Å². The Hall–Kier alpha value is -2.60. The summed E-state index contributed by atoms with van der Waals surface area (Å²) in [6.45, 7) is -0.107. The molecule has 0 aliphatic rings. The Bertz CT molecular complexity index is 640. The third-order valence-corrected chi connectivity index (χ3v) is 2.70. The van der Waals surface area contributed by atoms with Gasteiger partial charge >= 0.3 is 5.97 Å². The van der Waals surface area contributed by atoms with E-state index in [0.29, 0.717) is 11.3 Å². The number of carboxylic acids is 1. The van der Waals surface area contributed by atoms with E-state index >= 15 is 0 Å². The lowest BCUT2D eigenvalue weighted by Crippen LogP contribution is -2.07. The summed E-state index contributed by atoms with van der Waals surface area (Å²) in [5.74, 6) is -1.88. The van der Waals surface area contributed by atoms with Gasteiger partial charge in [-0.05, 0) is 29.8 Å². The number of aromatic carboxylic acids is 1. The first kappa shape index (κ1) is 13.8. The van der Waals surface area contributed by atoms with Gasteiger partial charge in [-0.25, -0.2) is 9.18 Å². The molecule has 2 rings (SSSR count). The van der Waals surface area contributed by atoms with E-state index in [-0.39, 0.29) is 12.4 Å². The topological polar surface area (TPSA) is 92.8 Å². The zero-order valence-electron chi connectivity index (χ0n) is 10.3. The van der Waals surface area contributed by atoms with Gasteiger partial charge < -0.3 is 20.7 Å². The van der Waals surface area contributed by atoms with Crippen molar-refractivity contribution >= 4 is 11.7 Å². The summed E-state index contributed by atoms with van der Waals surface area (Å²) in [5, 5.41) is 18.0. The van der Waals surface area contributed by atoms with Gasteiger partial charge in [0.15, 0.2) is 0 Å². The fourth-order valence-corrected chi connectivity index (χ4v) is 1.67. The van der Waals surface area contributed by atoms with Gasteiger partial charge in [0, 0.05) is 0 Å². The summed E-state index contributed by atoms with van der Waals surface area (Å²) < 4.78 is 18.7. The predicted molar refractivity (Wildman–Crippen MR) is 70.2 cm³/mol. The van der Waals surface area contributed by atoms with Crippen LogP contribution in [0.25, 0.3) is 0 Å². The van der Waals surface area contributed by atoms with E-state index in [1.165, 1.54) is 6.07 Å².